The maximum Gasteiger partial charge on any atom is 0.136 e. The molecule has 1 aromatic rings. The van der Waals surface area contributed by atoms with Gasteiger partial charge in [0, 0.05) is 24.9 Å². The van der Waals surface area contributed by atoms with Gasteiger partial charge in [0.1, 0.15) is 5.78 Å². The summed E-state index contributed by atoms with van der Waals surface area (Å²) in [4.78, 5) is 11.4. The number of hydrogen-bond donors (Lipinski definition) is 1. The summed E-state index contributed by atoms with van der Waals surface area (Å²) in [5, 5.41) is 3.52. The zero-order valence-electron chi connectivity index (χ0n) is 7.99. The van der Waals surface area contributed by atoms with E-state index in [1.807, 2.05) is 0 Å². The smallest absolute Gasteiger partial charge is 0.136 e. The molecule has 2 aliphatic heterocycles. The normalized spacial score (nSPS) is 29.9. The molecule has 2 aliphatic rings. The fraction of sp³-hybridized carbons (Fsp3) is 0.417. The van der Waals surface area contributed by atoms with Crippen LogP contribution >= 0.6 is 0 Å². The van der Waals surface area contributed by atoms with Crippen LogP contribution in [0.5, 0.6) is 0 Å². The van der Waals surface area contributed by atoms with Gasteiger partial charge in [0.05, 0.1) is 0 Å². The van der Waals surface area contributed by atoms with E-state index in [1.165, 1.54) is 11.1 Å². The number of nitrogens with one attached hydrogen (secondary N) is 1. The van der Waals surface area contributed by atoms with Crippen molar-refractivity contribution in [2.24, 2.45) is 0 Å². The first-order valence-electron chi connectivity index (χ1n) is 5.18. The van der Waals surface area contributed by atoms with Gasteiger partial charge >= 0.3 is 0 Å². The molecule has 0 aromatic heterocycles. The quantitative estimate of drug-likeness (QED) is 0.668. The molecular formula is C12H13NO. The lowest BCUT2D eigenvalue weighted by Crippen LogP contribution is -2.45. The van der Waals surface area contributed by atoms with Gasteiger partial charge in [0.25, 0.3) is 0 Å². The summed E-state index contributed by atoms with van der Waals surface area (Å²) in [7, 11) is 0. The van der Waals surface area contributed by atoms with Crippen LogP contribution < -0.4 is 5.32 Å². The Morgan fingerprint density at radius 3 is 2.93 bits per heavy atom. The van der Waals surface area contributed by atoms with Crippen molar-refractivity contribution in [3.8, 4) is 0 Å². The molecule has 72 valence electrons. The van der Waals surface area contributed by atoms with Crippen LogP contribution in [0.25, 0.3) is 0 Å². The monoisotopic (exact) mass is 187 g/mol. The second kappa shape index (κ2) is 2.92. The van der Waals surface area contributed by atoms with Crippen LogP contribution in [0.15, 0.2) is 24.3 Å². The molecule has 0 radical (unpaired) electrons. The molecule has 1 N–H and O–H groups in total. The van der Waals surface area contributed by atoms with E-state index in [4.69, 9.17) is 0 Å². The standard InChI is InChI=1S/C12H13NO/c14-10-6-9-5-8-3-1-2-4-11(8)12(7-10)13-9/h1-4,9,12-13H,5-7H2/t9?,12-/m0/s1. The van der Waals surface area contributed by atoms with E-state index in [0.29, 0.717) is 24.7 Å². The summed E-state index contributed by atoms with van der Waals surface area (Å²) in [5.74, 6) is 0.410. The van der Waals surface area contributed by atoms with Gasteiger partial charge in [-0.05, 0) is 17.5 Å². The van der Waals surface area contributed by atoms with Crippen molar-refractivity contribution < 1.29 is 4.79 Å². The molecule has 1 fully saturated rings. The predicted octanol–water partition coefficient (Wildman–Crippen LogP) is 1.60. The first-order chi connectivity index (χ1) is 6.83. The maximum atomic E-state index is 11.4. The van der Waals surface area contributed by atoms with E-state index in [0.717, 1.165) is 6.42 Å². The predicted molar refractivity (Wildman–Crippen MR) is 54.1 cm³/mol. The molecule has 0 amide bonds. The van der Waals surface area contributed by atoms with Crippen molar-refractivity contribution in [3.63, 3.8) is 0 Å². The summed E-state index contributed by atoms with van der Waals surface area (Å²) in [6.45, 7) is 0. The second-order valence-electron chi connectivity index (χ2n) is 4.27. The Bertz CT molecular complexity index is 386. The second-order valence-corrected chi connectivity index (χ2v) is 4.27. The number of fused-ring (bicyclic) bond motifs is 4. The first-order valence-corrected chi connectivity index (χ1v) is 5.18. The number of rotatable bonds is 0. The van der Waals surface area contributed by atoms with Gasteiger partial charge in [-0.1, -0.05) is 24.3 Å². The van der Waals surface area contributed by atoms with Gasteiger partial charge in [-0.3, -0.25) is 4.79 Å². The Labute approximate surface area is 83.3 Å². The van der Waals surface area contributed by atoms with Crippen molar-refractivity contribution >= 4 is 5.78 Å². The average molecular weight is 187 g/mol. The van der Waals surface area contributed by atoms with Gasteiger partial charge in [0.2, 0.25) is 0 Å². The molecule has 1 aromatic carbocycles. The number of hydrogen-bond acceptors (Lipinski definition) is 2. The van der Waals surface area contributed by atoms with E-state index in [-0.39, 0.29) is 6.04 Å². The van der Waals surface area contributed by atoms with Crippen LogP contribution in [0.2, 0.25) is 0 Å². The molecule has 1 unspecified atom stereocenters. The minimum atomic E-state index is 0.284. The summed E-state index contributed by atoms with van der Waals surface area (Å²) in [6, 6.07) is 9.14. The zero-order chi connectivity index (χ0) is 9.54. The Morgan fingerprint density at radius 1 is 1.14 bits per heavy atom. The molecule has 2 nitrogen and oxygen atoms in total. The van der Waals surface area contributed by atoms with Crippen LogP contribution in [-0.2, 0) is 11.2 Å². The minimum absolute atomic E-state index is 0.284. The number of piperidine rings is 1. The largest absolute Gasteiger partial charge is 0.306 e. The van der Waals surface area contributed by atoms with Gasteiger partial charge in [-0.25, -0.2) is 0 Å². The van der Waals surface area contributed by atoms with Crippen molar-refractivity contribution in [2.45, 2.75) is 31.3 Å². The van der Waals surface area contributed by atoms with Gasteiger partial charge in [0.15, 0.2) is 0 Å². The highest BCUT2D eigenvalue weighted by Crippen LogP contribution is 2.32. The van der Waals surface area contributed by atoms with Crippen LogP contribution in [0, 0.1) is 0 Å². The van der Waals surface area contributed by atoms with Crippen molar-refractivity contribution in [3.05, 3.63) is 35.4 Å². The van der Waals surface area contributed by atoms with Crippen molar-refractivity contribution in [1.29, 1.82) is 0 Å². The summed E-state index contributed by atoms with van der Waals surface area (Å²) in [6.07, 6.45) is 2.40. The highest BCUT2D eigenvalue weighted by atomic mass is 16.1. The summed E-state index contributed by atoms with van der Waals surface area (Å²) in [5.41, 5.74) is 2.76. The fourth-order valence-electron chi connectivity index (χ4n) is 2.64. The van der Waals surface area contributed by atoms with E-state index >= 15 is 0 Å². The Balaban J connectivity index is 2.05. The van der Waals surface area contributed by atoms with Crippen LogP contribution in [-0.4, -0.2) is 11.8 Å². The van der Waals surface area contributed by atoms with Crippen LogP contribution in [0.3, 0.4) is 0 Å². The first kappa shape index (κ1) is 8.18. The topological polar surface area (TPSA) is 29.1 Å². The van der Waals surface area contributed by atoms with E-state index < -0.39 is 0 Å². The average Bonchev–Trinajstić information content (AvgIpc) is 2.17. The molecule has 0 saturated carbocycles. The SMILES string of the molecule is O=C1CC2Cc3ccccc3[C@H](C1)N2. The number of Topliss-reactive ketones (excluding diaryl/α,β-unsaturated/α-hetero) is 1. The van der Waals surface area contributed by atoms with Crippen molar-refractivity contribution in [1.82, 2.24) is 5.32 Å². The summed E-state index contributed by atoms with van der Waals surface area (Å²) < 4.78 is 0. The molecular weight excluding hydrogens is 174 g/mol. The minimum Gasteiger partial charge on any atom is -0.306 e. The fourth-order valence-corrected chi connectivity index (χ4v) is 2.64. The third-order valence-electron chi connectivity index (χ3n) is 3.24. The third kappa shape index (κ3) is 1.18. The maximum absolute atomic E-state index is 11.4. The van der Waals surface area contributed by atoms with Crippen LogP contribution in [0.1, 0.15) is 30.0 Å². The Morgan fingerprint density at radius 2 is 2.00 bits per heavy atom. The summed E-state index contributed by atoms with van der Waals surface area (Å²) >= 11 is 0. The van der Waals surface area contributed by atoms with Crippen molar-refractivity contribution in [2.75, 3.05) is 0 Å². The highest BCUT2D eigenvalue weighted by molar-refractivity contribution is 5.81. The molecule has 2 heteroatoms. The lowest BCUT2D eigenvalue weighted by atomic mass is 9.81. The highest BCUT2D eigenvalue weighted by Gasteiger charge is 2.32. The molecule has 0 spiro atoms. The van der Waals surface area contributed by atoms with Gasteiger partial charge in [-0.2, -0.15) is 0 Å². The molecule has 14 heavy (non-hydrogen) atoms. The number of carbonyl (C=O) groups is 1. The molecule has 2 bridgehead atoms. The van der Waals surface area contributed by atoms with Crippen LogP contribution in [0.4, 0.5) is 0 Å². The third-order valence-corrected chi connectivity index (χ3v) is 3.24. The number of benzene rings is 1. The Hall–Kier alpha value is -1.15. The van der Waals surface area contributed by atoms with E-state index in [9.17, 15) is 4.79 Å². The van der Waals surface area contributed by atoms with Gasteiger partial charge in [-0.15, -0.1) is 0 Å². The van der Waals surface area contributed by atoms with Gasteiger partial charge < -0.3 is 5.32 Å². The number of carbonyl (C=O) groups excluding carboxylic acids is 1. The molecule has 3 rings (SSSR count). The number of ketones is 1. The molecule has 1 saturated heterocycles. The van der Waals surface area contributed by atoms with E-state index in [1.54, 1.807) is 0 Å². The molecule has 0 aliphatic carbocycles. The Kier molecular flexibility index (Phi) is 1.71. The molecule has 2 atom stereocenters. The molecule has 2 heterocycles. The van der Waals surface area contributed by atoms with E-state index in [2.05, 4.69) is 29.6 Å². The lowest BCUT2D eigenvalue weighted by molar-refractivity contribution is -0.121. The zero-order valence-corrected chi connectivity index (χ0v) is 7.99. The lowest BCUT2D eigenvalue weighted by Gasteiger charge is -2.36.